The number of rotatable bonds is 6. The molecule has 2 fully saturated rings. The third-order valence-corrected chi connectivity index (χ3v) is 5.39. The lowest BCUT2D eigenvalue weighted by atomic mass is 10.0. The molecule has 0 radical (unpaired) electrons. The lowest BCUT2D eigenvalue weighted by molar-refractivity contribution is -0.149. The van der Waals surface area contributed by atoms with Gasteiger partial charge in [0, 0.05) is 12.6 Å². The smallest absolute Gasteiger partial charge is 0.252 e. The van der Waals surface area contributed by atoms with Crippen molar-refractivity contribution in [2.24, 2.45) is 0 Å². The highest BCUT2D eigenvalue weighted by Crippen LogP contribution is 2.41. The van der Waals surface area contributed by atoms with Crippen molar-refractivity contribution >= 4 is 17.5 Å². The van der Waals surface area contributed by atoms with E-state index in [1.165, 1.54) is 0 Å². The van der Waals surface area contributed by atoms with E-state index < -0.39 is 0 Å². The van der Waals surface area contributed by atoms with E-state index in [1.807, 2.05) is 24.0 Å². The molecule has 0 unspecified atom stereocenters. The van der Waals surface area contributed by atoms with Gasteiger partial charge in [-0.3, -0.25) is 4.79 Å². The van der Waals surface area contributed by atoms with Crippen molar-refractivity contribution in [1.29, 1.82) is 0 Å². The Hall–Kier alpha value is -1.46. The van der Waals surface area contributed by atoms with Gasteiger partial charge in [0.15, 0.2) is 0 Å². The first-order chi connectivity index (χ1) is 12.1. The van der Waals surface area contributed by atoms with Crippen LogP contribution in [0, 0.1) is 0 Å². The number of ether oxygens (including phenoxy) is 3. The summed E-state index contributed by atoms with van der Waals surface area (Å²) < 4.78 is 16.5. The van der Waals surface area contributed by atoms with Crippen LogP contribution >= 0.6 is 11.6 Å². The summed E-state index contributed by atoms with van der Waals surface area (Å²) in [7, 11) is 3.16. The Balaban J connectivity index is 1.88. The Morgan fingerprint density at radius 1 is 1.20 bits per heavy atom. The predicted octanol–water partition coefficient (Wildman–Crippen LogP) is 3.98. The van der Waals surface area contributed by atoms with Gasteiger partial charge in [-0.15, -0.1) is 0 Å². The number of amides is 1. The van der Waals surface area contributed by atoms with Crippen molar-refractivity contribution in [2.75, 3.05) is 20.8 Å². The fourth-order valence-electron chi connectivity index (χ4n) is 3.43. The van der Waals surface area contributed by atoms with Crippen LogP contribution in [0.15, 0.2) is 12.1 Å². The molecule has 5 nitrogen and oxygen atoms in total. The van der Waals surface area contributed by atoms with Gasteiger partial charge in [-0.2, -0.15) is 0 Å². The van der Waals surface area contributed by atoms with Crippen molar-refractivity contribution in [3.63, 3.8) is 0 Å². The quantitative estimate of drug-likeness (QED) is 0.763. The standard InChI is InChI=1S/C19H26ClNO4/c1-12(13-10-16(23-2)18(20)17(11-13)24-3)21(14-7-8-14)19(22)15-6-4-5-9-25-15/h10-12,14-15H,4-9H2,1-3H3/t12-,15+/m0/s1. The van der Waals surface area contributed by atoms with Crippen molar-refractivity contribution in [3.8, 4) is 11.5 Å². The molecule has 2 aliphatic rings. The zero-order valence-corrected chi connectivity index (χ0v) is 15.8. The Kier molecular flexibility index (Phi) is 5.74. The summed E-state index contributed by atoms with van der Waals surface area (Å²) in [5.41, 5.74) is 0.953. The van der Waals surface area contributed by atoms with Gasteiger partial charge in [-0.25, -0.2) is 0 Å². The SMILES string of the molecule is COc1cc([C@H](C)N(C(=O)[C@H]2CCCCO2)C2CC2)cc(OC)c1Cl. The van der Waals surface area contributed by atoms with Crippen molar-refractivity contribution < 1.29 is 19.0 Å². The highest BCUT2D eigenvalue weighted by Gasteiger charge is 2.40. The third-order valence-electron chi connectivity index (χ3n) is 5.02. The summed E-state index contributed by atoms with van der Waals surface area (Å²) in [6.07, 6.45) is 4.67. The number of halogens is 1. The van der Waals surface area contributed by atoms with E-state index in [-0.39, 0.29) is 18.1 Å². The number of hydrogen-bond acceptors (Lipinski definition) is 4. The number of nitrogens with zero attached hydrogens (tertiary/aromatic N) is 1. The van der Waals surface area contributed by atoms with Crippen molar-refractivity contribution in [1.82, 2.24) is 4.90 Å². The van der Waals surface area contributed by atoms with Gasteiger partial charge in [-0.1, -0.05) is 11.6 Å². The average Bonchev–Trinajstić information content (AvgIpc) is 3.47. The molecular weight excluding hydrogens is 342 g/mol. The maximum Gasteiger partial charge on any atom is 0.252 e. The van der Waals surface area contributed by atoms with Crippen molar-refractivity contribution in [2.45, 2.75) is 57.2 Å². The second-order valence-electron chi connectivity index (χ2n) is 6.75. The topological polar surface area (TPSA) is 48.0 Å². The molecule has 0 N–H and O–H groups in total. The Morgan fingerprint density at radius 2 is 1.84 bits per heavy atom. The molecule has 1 heterocycles. The second kappa shape index (κ2) is 7.83. The zero-order chi connectivity index (χ0) is 18.0. The summed E-state index contributed by atoms with van der Waals surface area (Å²) in [5.74, 6) is 1.21. The zero-order valence-electron chi connectivity index (χ0n) is 15.1. The first-order valence-electron chi connectivity index (χ1n) is 8.92. The predicted molar refractivity (Wildman–Crippen MR) is 96.4 cm³/mol. The van der Waals surface area contributed by atoms with Crippen LogP contribution < -0.4 is 9.47 Å². The van der Waals surface area contributed by atoms with Gasteiger partial charge < -0.3 is 19.1 Å². The van der Waals surface area contributed by atoms with E-state index in [0.29, 0.717) is 29.2 Å². The van der Waals surface area contributed by atoms with Gasteiger partial charge in [0.2, 0.25) is 0 Å². The van der Waals surface area contributed by atoms with E-state index in [4.69, 9.17) is 25.8 Å². The molecule has 1 aliphatic heterocycles. The van der Waals surface area contributed by atoms with E-state index in [0.717, 1.165) is 37.7 Å². The molecule has 0 spiro atoms. The summed E-state index contributed by atoms with van der Waals surface area (Å²) in [4.78, 5) is 15.1. The normalized spacial score (nSPS) is 21.5. The number of hydrogen-bond donors (Lipinski definition) is 0. The lowest BCUT2D eigenvalue weighted by Gasteiger charge is -2.34. The minimum absolute atomic E-state index is 0.0920. The first-order valence-corrected chi connectivity index (χ1v) is 9.29. The fraction of sp³-hybridized carbons (Fsp3) is 0.632. The van der Waals surface area contributed by atoms with Gasteiger partial charge in [0.25, 0.3) is 5.91 Å². The molecule has 3 rings (SSSR count). The maximum absolute atomic E-state index is 13.1. The Labute approximate surface area is 154 Å². The summed E-state index contributed by atoms with van der Waals surface area (Å²) >= 11 is 6.27. The second-order valence-corrected chi connectivity index (χ2v) is 7.13. The average molecular weight is 368 g/mol. The van der Waals surface area contributed by atoms with Gasteiger partial charge in [0.1, 0.15) is 22.6 Å². The molecule has 1 saturated carbocycles. The molecule has 1 aromatic rings. The van der Waals surface area contributed by atoms with Gasteiger partial charge in [0.05, 0.1) is 20.3 Å². The van der Waals surface area contributed by atoms with Crippen LogP contribution in [0.2, 0.25) is 5.02 Å². The third kappa shape index (κ3) is 3.87. The van der Waals surface area contributed by atoms with Gasteiger partial charge >= 0.3 is 0 Å². The van der Waals surface area contributed by atoms with Crippen LogP contribution in [0.3, 0.4) is 0 Å². The van der Waals surface area contributed by atoms with Crippen molar-refractivity contribution in [3.05, 3.63) is 22.7 Å². The minimum atomic E-state index is -0.312. The molecule has 0 aromatic heterocycles. The first kappa shape index (κ1) is 18.3. The summed E-state index contributed by atoms with van der Waals surface area (Å²) in [6.45, 7) is 2.72. The molecule has 1 saturated heterocycles. The molecule has 138 valence electrons. The van der Waals surface area contributed by atoms with Crippen LogP contribution in [0.1, 0.15) is 50.6 Å². The van der Waals surface area contributed by atoms with E-state index in [9.17, 15) is 4.79 Å². The largest absolute Gasteiger partial charge is 0.495 e. The van der Waals surface area contributed by atoms with Crippen LogP contribution in [-0.2, 0) is 9.53 Å². The van der Waals surface area contributed by atoms with Gasteiger partial charge in [-0.05, 0) is 56.7 Å². The molecule has 2 atom stereocenters. The van der Waals surface area contributed by atoms with E-state index >= 15 is 0 Å². The summed E-state index contributed by atoms with van der Waals surface area (Å²) in [6, 6.07) is 3.98. The Bertz CT molecular complexity index is 601. The van der Waals surface area contributed by atoms with E-state index in [1.54, 1.807) is 14.2 Å². The highest BCUT2D eigenvalue weighted by atomic mass is 35.5. The fourth-order valence-corrected chi connectivity index (χ4v) is 3.70. The molecule has 0 bridgehead atoms. The molecule has 1 amide bonds. The lowest BCUT2D eigenvalue weighted by Crippen LogP contribution is -2.44. The number of benzene rings is 1. The summed E-state index contributed by atoms with van der Waals surface area (Å²) in [5, 5.41) is 0.445. The number of methoxy groups -OCH3 is 2. The number of carbonyl (C=O) groups is 1. The Morgan fingerprint density at radius 3 is 2.32 bits per heavy atom. The number of carbonyl (C=O) groups excluding carboxylic acids is 1. The van der Waals surface area contributed by atoms with Crippen LogP contribution in [0.25, 0.3) is 0 Å². The van der Waals surface area contributed by atoms with Crippen LogP contribution in [-0.4, -0.2) is 43.8 Å². The molecule has 1 aromatic carbocycles. The monoisotopic (exact) mass is 367 g/mol. The van der Waals surface area contributed by atoms with Crippen LogP contribution in [0.4, 0.5) is 0 Å². The van der Waals surface area contributed by atoms with Crippen LogP contribution in [0.5, 0.6) is 11.5 Å². The molecular formula is C19H26ClNO4. The molecule has 1 aliphatic carbocycles. The van der Waals surface area contributed by atoms with E-state index in [2.05, 4.69) is 0 Å². The highest BCUT2D eigenvalue weighted by molar-refractivity contribution is 6.33. The minimum Gasteiger partial charge on any atom is -0.495 e. The maximum atomic E-state index is 13.1. The molecule has 6 heteroatoms. The molecule has 25 heavy (non-hydrogen) atoms.